The molecule has 5 rings (SSSR count). The summed E-state index contributed by atoms with van der Waals surface area (Å²) >= 11 is 0. The van der Waals surface area contributed by atoms with Crippen LogP contribution < -0.4 is 24.4 Å². The van der Waals surface area contributed by atoms with Gasteiger partial charge in [-0.1, -0.05) is 11.6 Å². The van der Waals surface area contributed by atoms with Crippen molar-refractivity contribution in [2.24, 2.45) is 0 Å². The molecule has 3 aromatic rings. The summed E-state index contributed by atoms with van der Waals surface area (Å²) in [6.45, 7) is 13.8. The Bertz CT molecular complexity index is 2340. The standard InChI is InChI=1S/C43H46O17/c1-20(2)11-13-29-36-30(15-16-43(9,10)60-36)38(54-23(5)46)34-35(50)31(18-52-37(29)34)28-14-12-27(17-32(28)53-22(4)45)58-42-41(57-26(8)49)40(56-25(7)48)39(55-24(6)47)33(59-42)19-51-21(3)44/h11-12,14-18,33,39-42H,13,19H2,1-10H3. The van der Waals surface area contributed by atoms with Crippen LogP contribution in [0.15, 0.2) is 51.4 Å². The molecule has 17 heteroatoms. The van der Waals surface area contributed by atoms with Crippen molar-refractivity contribution < 1.29 is 75.8 Å². The number of allylic oxidation sites excluding steroid dienone is 2. The van der Waals surface area contributed by atoms with Crippen LogP contribution in [0.2, 0.25) is 0 Å². The van der Waals surface area contributed by atoms with Gasteiger partial charge in [0.25, 0.3) is 0 Å². The first-order valence-corrected chi connectivity index (χ1v) is 18.8. The van der Waals surface area contributed by atoms with Crippen LogP contribution in [0.1, 0.15) is 80.4 Å². The van der Waals surface area contributed by atoms with Crippen molar-refractivity contribution >= 4 is 52.9 Å². The Labute approximate surface area is 344 Å². The van der Waals surface area contributed by atoms with E-state index in [1.165, 1.54) is 31.4 Å². The van der Waals surface area contributed by atoms with Crippen LogP contribution in [0.5, 0.6) is 23.0 Å². The minimum absolute atomic E-state index is 0.0556. The summed E-state index contributed by atoms with van der Waals surface area (Å²) in [7, 11) is 0. The fourth-order valence-electron chi connectivity index (χ4n) is 6.63. The van der Waals surface area contributed by atoms with E-state index in [-0.39, 0.29) is 39.3 Å². The summed E-state index contributed by atoms with van der Waals surface area (Å²) in [5, 5.41) is -0.0711. The van der Waals surface area contributed by atoms with Gasteiger partial charge in [-0.2, -0.15) is 0 Å². The molecule has 1 aromatic heterocycles. The Balaban J connectivity index is 1.67. The fourth-order valence-corrected chi connectivity index (χ4v) is 6.63. The Hall–Kier alpha value is -6.49. The number of benzene rings is 2. The second-order valence-corrected chi connectivity index (χ2v) is 14.8. The number of hydrogen-bond acceptors (Lipinski definition) is 17. The molecule has 2 aromatic carbocycles. The van der Waals surface area contributed by atoms with Crippen LogP contribution in [-0.4, -0.2) is 78.7 Å². The molecule has 1 fully saturated rings. The van der Waals surface area contributed by atoms with Crippen molar-refractivity contribution in [3.63, 3.8) is 0 Å². The lowest BCUT2D eigenvalue weighted by molar-refractivity contribution is -0.288. The van der Waals surface area contributed by atoms with Crippen LogP contribution in [0.4, 0.5) is 0 Å². The summed E-state index contributed by atoms with van der Waals surface area (Å²) in [4.78, 5) is 88.3. The van der Waals surface area contributed by atoms with Crippen molar-refractivity contribution in [1.29, 1.82) is 0 Å². The van der Waals surface area contributed by atoms with E-state index in [0.717, 1.165) is 40.2 Å². The van der Waals surface area contributed by atoms with Crippen LogP contribution in [0.3, 0.4) is 0 Å². The maximum Gasteiger partial charge on any atom is 0.308 e. The molecule has 320 valence electrons. The molecular formula is C43H46O17. The van der Waals surface area contributed by atoms with Crippen LogP contribution >= 0.6 is 0 Å². The molecule has 0 amide bonds. The summed E-state index contributed by atoms with van der Waals surface area (Å²) < 4.78 is 57.6. The van der Waals surface area contributed by atoms with E-state index in [0.29, 0.717) is 23.3 Å². The van der Waals surface area contributed by atoms with E-state index in [1.54, 1.807) is 12.2 Å². The Morgan fingerprint density at radius 3 is 2.00 bits per heavy atom. The van der Waals surface area contributed by atoms with Gasteiger partial charge in [0, 0.05) is 58.7 Å². The van der Waals surface area contributed by atoms with Gasteiger partial charge in [0.05, 0.1) is 11.1 Å². The molecule has 1 saturated heterocycles. The average Bonchev–Trinajstić information content (AvgIpc) is 3.12. The monoisotopic (exact) mass is 834 g/mol. The largest absolute Gasteiger partial charge is 0.483 e. The van der Waals surface area contributed by atoms with E-state index in [9.17, 15) is 33.6 Å². The summed E-state index contributed by atoms with van der Waals surface area (Å²) in [6.07, 6.45) is -0.525. The topological polar surface area (TPSA) is 216 Å². The lowest BCUT2D eigenvalue weighted by atomic mass is 9.93. The van der Waals surface area contributed by atoms with E-state index in [2.05, 4.69) is 0 Å². The number of fused-ring (bicyclic) bond motifs is 2. The highest BCUT2D eigenvalue weighted by molar-refractivity contribution is 5.98. The lowest BCUT2D eigenvalue weighted by Crippen LogP contribution is -2.63. The maximum absolute atomic E-state index is 14.7. The van der Waals surface area contributed by atoms with Gasteiger partial charge in [0.2, 0.25) is 17.8 Å². The van der Waals surface area contributed by atoms with Crippen molar-refractivity contribution in [1.82, 2.24) is 0 Å². The Kier molecular flexibility index (Phi) is 13.5. The minimum atomic E-state index is -1.62. The minimum Gasteiger partial charge on any atom is -0.483 e. The molecule has 5 unspecified atom stereocenters. The van der Waals surface area contributed by atoms with Gasteiger partial charge in [-0.25, -0.2) is 0 Å². The van der Waals surface area contributed by atoms with E-state index < -0.39 is 84.2 Å². The van der Waals surface area contributed by atoms with Crippen molar-refractivity contribution in [3.05, 3.63) is 63.5 Å². The first-order chi connectivity index (χ1) is 28.1. The quantitative estimate of drug-likeness (QED) is 0.0957. The van der Waals surface area contributed by atoms with Gasteiger partial charge in [-0.15, -0.1) is 0 Å². The molecule has 0 bridgehead atoms. The highest BCUT2D eigenvalue weighted by atomic mass is 16.7. The second-order valence-electron chi connectivity index (χ2n) is 14.8. The van der Waals surface area contributed by atoms with Crippen molar-refractivity contribution in [2.45, 2.75) is 112 Å². The number of ether oxygens (including phenoxy) is 9. The van der Waals surface area contributed by atoms with Crippen LogP contribution in [0, 0.1) is 0 Å². The third-order valence-corrected chi connectivity index (χ3v) is 8.93. The van der Waals surface area contributed by atoms with Crippen molar-refractivity contribution in [3.8, 4) is 34.1 Å². The summed E-state index contributed by atoms with van der Waals surface area (Å²) in [5.74, 6) is -4.69. The maximum atomic E-state index is 14.7. The van der Waals surface area contributed by atoms with Gasteiger partial charge >= 0.3 is 35.8 Å². The number of hydrogen-bond donors (Lipinski definition) is 0. The molecule has 0 spiro atoms. The van der Waals surface area contributed by atoms with E-state index in [1.807, 2.05) is 33.8 Å². The van der Waals surface area contributed by atoms with Gasteiger partial charge in [0.1, 0.15) is 52.8 Å². The second kappa shape index (κ2) is 18.2. The highest BCUT2D eigenvalue weighted by Gasteiger charge is 2.53. The molecule has 17 nitrogen and oxygen atoms in total. The fraction of sp³-hybridized carbons (Fsp3) is 0.419. The predicted molar refractivity (Wildman–Crippen MR) is 210 cm³/mol. The molecule has 0 aliphatic carbocycles. The molecule has 0 radical (unpaired) electrons. The summed E-state index contributed by atoms with van der Waals surface area (Å²) in [6, 6.07) is 4.00. The first kappa shape index (κ1) is 44.6. The molecule has 0 N–H and O–H groups in total. The van der Waals surface area contributed by atoms with E-state index in [4.69, 9.17) is 47.0 Å². The third kappa shape index (κ3) is 10.4. The number of carbonyl (C=O) groups is 6. The molecular weight excluding hydrogens is 788 g/mol. The van der Waals surface area contributed by atoms with Crippen LogP contribution in [-0.2, 0) is 58.9 Å². The lowest BCUT2D eigenvalue weighted by Gasteiger charge is -2.43. The normalized spacial score (nSPS) is 20.1. The SMILES string of the molecule is CC(=O)OCC1OC(Oc2ccc(-c3coc4c(CC=C(C)C)c5c(c(OC(C)=O)c4c3=O)C=CC(C)(C)O5)c(OC(C)=O)c2)C(OC(C)=O)C(OC(C)=O)C1OC(C)=O. The number of rotatable bonds is 12. The molecule has 0 saturated carbocycles. The van der Waals surface area contributed by atoms with Crippen LogP contribution in [0.25, 0.3) is 28.2 Å². The zero-order valence-electron chi connectivity index (χ0n) is 34.8. The summed E-state index contributed by atoms with van der Waals surface area (Å²) in [5.41, 5.74) is 0.558. The molecule has 5 atom stereocenters. The molecule has 60 heavy (non-hydrogen) atoms. The van der Waals surface area contributed by atoms with Crippen molar-refractivity contribution in [2.75, 3.05) is 6.61 Å². The van der Waals surface area contributed by atoms with Gasteiger partial charge in [0.15, 0.2) is 18.0 Å². The van der Waals surface area contributed by atoms with E-state index >= 15 is 0 Å². The highest BCUT2D eigenvalue weighted by Crippen LogP contribution is 2.46. The van der Waals surface area contributed by atoms with Gasteiger partial charge < -0.3 is 47.0 Å². The predicted octanol–water partition coefficient (Wildman–Crippen LogP) is 5.47. The van der Waals surface area contributed by atoms with Gasteiger partial charge in [-0.05, 0) is 58.4 Å². The smallest absolute Gasteiger partial charge is 0.308 e. The first-order valence-electron chi connectivity index (χ1n) is 18.8. The number of carbonyl (C=O) groups excluding carboxylic acids is 6. The third-order valence-electron chi connectivity index (χ3n) is 8.93. The Morgan fingerprint density at radius 1 is 0.767 bits per heavy atom. The average molecular weight is 835 g/mol. The van der Waals surface area contributed by atoms with Gasteiger partial charge in [-0.3, -0.25) is 33.6 Å². The molecule has 3 heterocycles. The molecule has 2 aliphatic heterocycles. The Morgan fingerprint density at radius 2 is 1.40 bits per heavy atom. The number of esters is 6. The zero-order chi connectivity index (χ0) is 44.2. The zero-order valence-corrected chi connectivity index (χ0v) is 34.8. The molecule has 2 aliphatic rings.